The molecule has 0 aliphatic rings. The van der Waals surface area contributed by atoms with Crippen molar-refractivity contribution in [2.45, 2.75) is 13.5 Å². The summed E-state index contributed by atoms with van der Waals surface area (Å²) in [6, 6.07) is 3.77. The summed E-state index contributed by atoms with van der Waals surface area (Å²) in [4.78, 5) is 24.7. The molecule has 3 rings (SSSR count). The lowest BCUT2D eigenvalue weighted by molar-refractivity contribution is 0.0945. The molecule has 1 N–H and O–H groups in total. The van der Waals surface area contributed by atoms with E-state index in [9.17, 15) is 4.79 Å². The van der Waals surface area contributed by atoms with Gasteiger partial charge in [-0.05, 0) is 18.6 Å². The first-order chi connectivity index (χ1) is 11.1. The van der Waals surface area contributed by atoms with E-state index in [1.165, 1.54) is 6.20 Å². The third-order valence-corrected chi connectivity index (χ3v) is 3.32. The second kappa shape index (κ2) is 6.35. The summed E-state index contributed by atoms with van der Waals surface area (Å²) in [5.74, 6) is -0.265. The van der Waals surface area contributed by atoms with E-state index in [0.717, 1.165) is 22.5 Å². The van der Waals surface area contributed by atoms with E-state index in [0.29, 0.717) is 12.2 Å². The fourth-order valence-corrected chi connectivity index (χ4v) is 2.16. The van der Waals surface area contributed by atoms with Crippen LogP contribution in [0.1, 0.15) is 21.7 Å². The Labute approximate surface area is 133 Å². The van der Waals surface area contributed by atoms with Crippen molar-refractivity contribution in [2.24, 2.45) is 7.05 Å². The molecule has 0 spiro atoms. The second-order valence-corrected chi connectivity index (χ2v) is 5.14. The van der Waals surface area contributed by atoms with Crippen LogP contribution >= 0.6 is 0 Å². The van der Waals surface area contributed by atoms with E-state index in [2.05, 4.69) is 25.4 Å². The van der Waals surface area contributed by atoms with Gasteiger partial charge in [0.05, 0.1) is 23.8 Å². The molecule has 0 fully saturated rings. The zero-order valence-corrected chi connectivity index (χ0v) is 12.9. The van der Waals surface area contributed by atoms with Crippen LogP contribution in [-0.2, 0) is 13.6 Å². The van der Waals surface area contributed by atoms with E-state index in [-0.39, 0.29) is 5.91 Å². The van der Waals surface area contributed by atoms with Crippen molar-refractivity contribution in [3.63, 3.8) is 0 Å². The molecule has 0 saturated carbocycles. The predicted octanol–water partition coefficient (Wildman–Crippen LogP) is 1.51. The number of rotatable bonds is 4. The van der Waals surface area contributed by atoms with Gasteiger partial charge in [0.1, 0.15) is 5.69 Å². The first kappa shape index (κ1) is 14.8. The molecule has 0 saturated heterocycles. The van der Waals surface area contributed by atoms with Gasteiger partial charge in [0.2, 0.25) is 0 Å². The first-order valence-electron chi connectivity index (χ1n) is 7.13. The Balaban J connectivity index is 1.76. The summed E-state index contributed by atoms with van der Waals surface area (Å²) in [6.07, 6.45) is 8.40. The molecule has 3 aromatic heterocycles. The highest BCUT2D eigenvalue weighted by atomic mass is 16.1. The van der Waals surface area contributed by atoms with Crippen LogP contribution in [0.4, 0.5) is 0 Å². The van der Waals surface area contributed by atoms with Gasteiger partial charge in [0.15, 0.2) is 0 Å². The van der Waals surface area contributed by atoms with Crippen LogP contribution in [0, 0.1) is 6.92 Å². The van der Waals surface area contributed by atoms with Crippen LogP contribution in [0.3, 0.4) is 0 Å². The summed E-state index contributed by atoms with van der Waals surface area (Å²) in [5, 5.41) is 7.00. The minimum Gasteiger partial charge on any atom is -0.346 e. The zero-order valence-electron chi connectivity index (χ0n) is 12.9. The maximum Gasteiger partial charge on any atom is 0.271 e. The summed E-state index contributed by atoms with van der Waals surface area (Å²) in [5.41, 5.74) is 3.69. The van der Waals surface area contributed by atoms with E-state index in [1.807, 2.05) is 32.3 Å². The normalized spacial score (nSPS) is 10.5. The molecule has 0 atom stereocenters. The lowest BCUT2D eigenvalue weighted by Gasteiger charge is -2.08. The van der Waals surface area contributed by atoms with Gasteiger partial charge in [-0.1, -0.05) is 6.07 Å². The van der Waals surface area contributed by atoms with E-state index in [4.69, 9.17) is 0 Å². The molecule has 23 heavy (non-hydrogen) atoms. The Morgan fingerprint density at radius 3 is 2.78 bits per heavy atom. The SMILES string of the molecule is Cc1cnc(C(=O)NCc2cccnc2-c2cnn(C)c2)cn1. The number of nitrogens with one attached hydrogen (secondary N) is 1. The molecular formula is C16H16N6O. The molecule has 7 heteroatoms. The van der Waals surface area contributed by atoms with Crippen molar-refractivity contribution in [1.29, 1.82) is 0 Å². The molecule has 7 nitrogen and oxygen atoms in total. The van der Waals surface area contributed by atoms with Crippen LogP contribution in [0.25, 0.3) is 11.3 Å². The van der Waals surface area contributed by atoms with Gasteiger partial charge >= 0.3 is 0 Å². The zero-order chi connectivity index (χ0) is 16.2. The van der Waals surface area contributed by atoms with Crippen molar-refractivity contribution in [1.82, 2.24) is 30.0 Å². The molecule has 0 aliphatic heterocycles. The van der Waals surface area contributed by atoms with E-state index in [1.54, 1.807) is 23.3 Å². The third kappa shape index (κ3) is 3.39. The lowest BCUT2D eigenvalue weighted by atomic mass is 10.1. The standard InChI is InChI=1S/C16H16N6O/c1-11-6-19-14(9-18-11)16(23)20-7-12-4-3-5-17-15(12)13-8-21-22(2)10-13/h3-6,8-10H,7H2,1-2H3,(H,20,23). The summed E-state index contributed by atoms with van der Waals surface area (Å²) < 4.78 is 1.72. The highest BCUT2D eigenvalue weighted by Crippen LogP contribution is 2.20. The summed E-state index contributed by atoms with van der Waals surface area (Å²) in [7, 11) is 1.85. The van der Waals surface area contributed by atoms with Crippen LogP contribution in [0.15, 0.2) is 43.1 Å². The molecule has 0 bridgehead atoms. The molecule has 1 amide bonds. The van der Waals surface area contributed by atoms with Crippen LogP contribution < -0.4 is 5.32 Å². The number of hydrogen-bond donors (Lipinski definition) is 1. The largest absolute Gasteiger partial charge is 0.346 e. The van der Waals surface area contributed by atoms with Crippen LogP contribution in [-0.4, -0.2) is 30.6 Å². The number of amides is 1. The number of hydrogen-bond acceptors (Lipinski definition) is 5. The summed E-state index contributed by atoms with van der Waals surface area (Å²) >= 11 is 0. The second-order valence-electron chi connectivity index (χ2n) is 5.14. The van der Waals surface area contributed by atoms with Gasteiger partial charge in [-0.15, -0.1) is 0 Å². The molecule has 0 radical (unpaired) electrons. The van der Waals surface area contributed by atoms with Crippen molar-refractivity contribution in [3.8, 4) is 11.3 Å². The fourth-order valence-electron chi connectivity index (χ4n) is 2.16. The molecule has 0 unspecified atom stereocenters. The molecule has 3 heterocycles. The third-order valence-electron chi connectivity index (χ3n) is 3.32. The van der Waals surface area contributed by atoms with Gasteiger partial charge < -0.3 is 5.32 Å². The number of aromatic nitrogens is 5. The van der Waals surface area contributed by atoms with Crippen molar-refractivity contribution < 1.29 is 4.79 Å². The number of carbonyl (C=O) groups excluding carboxylic acids is 1. The molecular weight excluding hydrogens is 292 g/mol. The Morgan fingerprint density at radius 2 is 2.09 bits per heavy atom. The Hall–Kier alpha value is -3.09. The van der Waals surface area contributed by atoms with Gasteiger partial charge in [-0.2, -0.15) is 5.10 Å². The smallest absolute Gasteiger partial charge is 0.271 e. The molecule has 116 valence electrons. The average Bonchev–Trinajstić information content (AvgIpc) is 3.00. The number of carbonyl (C=O) groups is 1. The lowest BCUT2D eigenvalue weighted by Crippen LogP contribution is -2.24. The van der Waals surface area contributed by atoms with Crippen molar-refractivity contribution in [2.75, 3.05) is 0 Å². The predicted molar refractivity (Wildman–Crippen MR) is 84.4 cm³/mol. The van der Waals surface area contributed by atoms with E-state index >= 15 is 0 Å². The Kier molecular flexibility index (Phi) is 4.09. The highest BCUT2D eigenvalue weighted by molar-refractivity contribution is 5.91. The minimum absolute atomic E-state index is 0.265. The minimum atomic E-state index is -0.265. The van der Waals surface area contributed by atoms with Crippen LogP contribution in [0.5, 0.6) is 0 Å². The molecule has 3 aromatic rings. The summed E-state index contributed by atoms with van der Waals surface area (Å²) in [6.45, 7) is 2.18. The molecule has 0 aromatic carbocycles. The van der Waals surface area contributed by atoms with Crippen LogP contribution in [0.2, 0.25) is 0 Å². The molecule has 0 aliphatic carbocycles. The van der Waals surface area contributed by atoms with Gasteiger partial charge in [-0.3, -0.25) is 19.4 Å². The number of nitrogens with zero attached hydrogens (tertiary/aromatic N) is 5. The van der Waals surface area contributed by atoms with Gasteiger partial charge in [-0.25, -0.2) is 4.98 Å². The highest BCUT2D eigenvalue weighted by Gasteiger charge is 2.11. The Morgan fingerprint density at radius 1 is 1.22 bits per heavy atom. The maximum absolute atomic E-state index is 12.1. The number of aryl methyl sites for hydroxylation is 2. The number of pyridine rings is 1. The topological polar surface area (TPSA) is 85.6 Å². The Bertz CT molecular complexity index is 825. The average molecular weight is 308 g/mol. The maximum atomic E-state index is 12.1. The monoisotopic (exact) mass is 308 g/mol. The quantitative estimate of drug-likeness (QED) is 0.789. The van der Waals surface area contributed by atoms with Crippen molar-refractivity contribution >= 4 is 5.91 Å². The van der Waals surface area contributed by atoms with E-state index < -0.39 is 0 Å². The first-order valence-corrected chi connectivity index (χ1v) is 7.13. The van der Waals surface area contributed by atoms with Gasteiger partial charge in [0.25, 0.3) is 5.91 Å². The van der Waals surface area contributed by atoms with Crippen molar-refractivity contribution in [3.05, 3.63) is 60.1 Å². The fraction of sp³-hybridized carbons (Fsp3) is 0.188. The van der Waals surface area contributed by atoms with Gasteiger partial charge in [0, 0.05) is 37.7 Å².